The molecule has 114 valence electrons. The second-order valence-corrected chi connectivity index (χ2v) is 6.40. The molecule has 0 atom stereocenters. The molecule has 1 aliphatic carbocycles. The van der Waals surface area contributed by atoms with Gasteiger partial charge in [-0.25, -0.2) is 4.98 Å². The standard InChI is InChI=1S/C16H24N4S/c1-2-19-7-9-20(10-8-19)16-13(15(17)21)11-12-5-3-4-6-14(12)18-16/h11H,2-10H2,1H3,(H2,17,21). The maximum atomic E-state index is 5.96. The molecule has 2 aliphatic rings. The Morgan fingerprint density at radius 2 is 1.95 bits per heavy atom. The van der Waals surface area contributed by atoms with Gasteiger partial charge in [-0.05, 0) is 43.9 Å². The molecule has 0 unspecified atom stereocenters. The van der Waals surface area contributed by atoms with Gasteiger partial charge in [0.1, 0.15) is 10.8 Å². The van der Waals surface area contributed by atoms with Gasteiger partial charge < -0.3 is 15.5 Å². The Morgan fingerprint density at radius 1 is 1.24 bits per heavy atom. The molecule has 0 amide bonds. The second-order valence-electron chi connectivity index (χ2n) is 5.96. The molecule has 0 radical (unpaired) electrons. The maximum absolute atomic E-state index is 5.96. The van der Waals surface area contributed by atoms with Gasteiger partial charge in [-0.15, -0.1) is 0 Å². The summed E-state index contributed by atoms with van der Waals surface area (Å²) in [5.74, 6) is 1.01. The molecule has 1 fully saturated rings. The Hall–Kier alpha value is -1.20. The summed E-state index contributed by atoms with van der Waals surface area (Å²) in [4.78, 5) is 10.2. The number of thiocarbonyl (C=S) groups is 1. The highest BCUT2D eigenvalue weighted by atomic mass is 32.1. The fourth-order valence-electron chi connectivity index (χ4n) is 3.32. The zero-order chi connectivity index (χ0) is 14.8. The topological polar surface area (TPSA) is 45.4 Å². The number of anilines is 1. The quantitative estimate of drug-likeness (QED) is 0.862. The lowest BCUT2D eigenvalue weighted by molar-refractivity contribution is 0.270. The summed E-state index contributed by atoms with van der Waals surface area (Å²) in [6.07, 6.45) is 4.70. The first kappa shape index (κ1) is 14.7. The number of hydrogen-bond donors (Lipinski definition) is 1. The molecular formula is C16H24N4S. The van der Waals surface area contributed by atoms with Gasteiger partial charge in [0.15, 0.2) is 0 Å². The highest BCUT2D eigenvalue weighted by Crippen LogP contribution is 2.27. The number of aromatic nitrogens is 1. The van der Waals surface area contributed by atoms with Crippen molar-refractivity contribution in [3.8, 4) is 0 Å². The third-order valence-corrected chi connectivity index (χ3v) is 4.89. The van der Waals surface area contributed by atoms with E-state index in [1.54, 1.807) is 0 Å². The average molecular weight is 304 g/mol. The molecule has 0 saturated carbocycles. The number of rotatable bonds is 3. The van der Waals surface area contributed by atoms with Gasteiger partial charge in [0, 0.05) is 31.9 Å². The Labute approximate surface area is 132 Å². The summed E-state index contributed by atoms with van der Waals surface area (Å²) in [7, 11) is 0. The van der Waals surface area contributed by atoms with Crippen LogP contribution in [0.5, 0.6) is 0 Å². The van der Waals surface area contributed by atoms with E-state index in [2.05, 4.69) is 22.8 Å². The smallest absolute Gasteiger partial charge is 0.139 e. The highest BCUT2D eigenvalue weighted by molar-refractivity contribution is 7.80. The average Bonchev–Trinajstić information content (AvgIpc) is 2.53. The van der Waals surface area contributed by atoms with Crippen molar-refractivity contribution in [2.45, 2.75) is 32.6 Å². The van der Waals surface area contributed by atoms with Crippen LogP contribution < -0.4 is 10.6 Å². The van der Waals surface area contributed by atoms with E-state index in [9.17, 15) is 0 Å². The summed E-state index contributed by atoms with van der Waals surface area (Å²) in [5, 5.41) is 0. The molecule has 3 rings (SSSR count). The van der Waals surface area contributed by atoms with Crippen LogP contribution in [0.3, 0.4) is 0 Å². The number of likely N-dealkylation sites (N-methyl/N-ethyl adjacent to an activating group) is 1. The van der Waals surface area contributed by atoms with Gasteiger partial charge in [-0.3, -0.25) is 0 Å². The zero-order valence-electron chi connectivity index (χ0n) is 12.8. The molecule has 21 heavy (non-hydrogen) atoms. The van der Waals surface area contributed by atoms with E-state index in [-0.39, 0.29) is 0 Å². The lowest BCUT2D eigenvalue weighted by Gasteiger charge is -2.36. The van der Waals surface area contributed by atoms with Crippen molar-refractivity contribution in [2.24, 2.45) is 5.73 Å². The SMILES string of the molecule is CCN1CCN(c2nc3c(cc2C(N)=S)CCCC3)CC1. The van der Waals surface area contributed by atoms with Crippen molar-refractivity contribution in [3.05, 3.63) is 22.9 Å². The molecule has 2 heterocycles. The Balaban J connectivity index is 1.91. The third-order valence-electron chi connectivity index (χ3n) is 4.67. The van der Waals surface area contributed by atoms with Crippen molar-refractivity contribution in [3.63, 3.8) is 0 Å². The molecule has 5 heteroatoms. The van der Waals surface area contributed by atoms with E-state index in [0.29, 0.717) is 4.99 Å². The van der Waals surface area contributed by atoms with Gasteiger partial charge in [0.2, 0.25) is 0 Å². The summed E-state index contributed by atoms with van der Waals surface area (Å²) in [5.41, 5.74) is 9.54. The van der Waals surface area contributed by atoms with Crippen LogP contribution in [0.1, 0.15) is 36.6 Å². The van der Waals surface area contributed by atoms with Crippen LogP contribution >= 0.6 is 12.2 Å². The second kappa shape index (κ2) is 6.28. The van der Waals surface area contributed by atoms with Crippen molar-refractivity contribution in [2.75, 3.05) is 37.6 Å². The molecule has 2 N–H and O–H groups in total. The first-order valence-electron chi connectivity index (χ1n) is 7.99. The largest absolute Gasteiger partial charge is 0.389 e. The first-order valence-corrected chi connectivity index (χ1v) is 8.39. The van der Waals surface area contributed by atoms with E-state index < -0.39 is 0 Å². The van der Waals surface area contributed by atoms with E-state index in [1.807, 2.05) is 0 Å². The van der Waals surface area contributed by atoms with Crippen molar-refractivity contribution < 1.29 is 0 Å². The molecule has 1 aromatic heterocycles. The summed E-state index contributed by atoms with van der Waals surface area (Å²) < 4.78 is 0. The predicted molar refractivity (Wildman–Crippen MR) is 91.1 cm³/mol. The minimum atomic E-state index is 0.476. The van der Waals surface area contributed by atoms with Gasteiger partial charge in [0.05, 0.1) is 5.56 Å². The summed E-state index contributed by atoms with van der Waals surface area (Å²) >= 11 is 5.27. The number of fused-ring (bicyclic) bond motifs is 1. The van der Waals surface area contributed by atoms with Crippen LogP contribution in [0.2, 0.25) is 0 Å². The van der Waals surface area contributed by atoms with E-state index >= 15 is 0 Å². The monoisotopic (exact) mass is 304 g/mol. The Morgan fingerprint density at radius 3 is 2.62 bits per heavy atom. The minimum Gasteiger partial charge on any atom is -0.389 e. The third kappa shape index (κ3) is 3.04. The molecule has 0 spiro atoms. The van der Waals surface area contributed by atoms with Gasteiger partial charge in [-0.2, -0.15) is 0 Å². The lowest BCUT2D eigenvalue weighted by Crippen LogP contribution is -2.47. The molecule has 0 bridgehead atoms. The van der Waals surface area contributed by atoms with Crippen molar-refractivity contribution in [1.29, 1.82) is 0 Å². The van der Waals surface area contributed by atoms with Crippen LogP contribution in [-0.2, 0) is 12.8 Å². The predicted octanol–water partition coefficient (Wildman–Crippen LogP) is 1.74. The normalized spacial score (nSPS) is 19.4. The summed E-state index contributed by atoms with van der Waals surface area (Å²) in [6, 6.07) is 2.20. The molecule has 1 aromatic rings. The van der Waals surface area contributed by atoms with E-state index in [0.717, 1.165) is 56.9 Å². The van der Waals surface area contributed by atoms with E-state index in [1.165, 1.54) is 24.1 Å². The van der Waals surface area contributed by atoms with Gasteiger partial charge >= 0.3 is 0 Å². The fraction of sp³-hybridized carbons (Fsp3) is 0.625. The fourth-order valence-corrected chi connectivity index (χ4v) is 3.47. The number of nitrogens with two attached hydrogens (primary N) is 1. The molecule has 1 saturated heterocycles. The molecular weight excluding hydrogens is 280 g/mol. The minimum absolute atomic E-state index is 0.476. The Bertz CT molecular complexity index is 535. The van der Waals surface area contributed by atoms with Crippen LogP contribution in [0.4, 0.5) is 5.82 Å². The van der Waals surface area contributed by atoms with Gasteiger partial charge in [0.25, 0.3) is 0 Å². The van der Waals surface area contributed by atoms with Crippen LogP contribution in [-0.4, -0.2) is 47.6 Å². The van der Waals surface area contributed by atoms with Crippen LogP contribution in [0, 0.1) is 0 Å². The maximum Gasteiger partial charge on any atom is 0.139 e. The van der Waals surface area contributed by atoms with E-state index in [4.69, 9.17) is 22.9 Å². The number of hydrogen-bond acceptors (Lipinski definition) is 4. The van der Waals surface area contributed by atoms with Gasteiger partial charge in [-0.1, -0.05) is 19.1 Å². The first-order chi connectivity index (χ1) is 10.2. The Kier molecular flexibility index (Phi) is 4.40. The van der Waals surface area contributed by atoms with Crippen LogP contribution in [0.25, 0.3) is 0 Å². The number of aryl methyl sites for hydroxylation is 2. The zero-order valence-corrected chi connectivity index (χ0v) is 13.6. The number of nitrogens with zero attached hydrogens (tertiary/aromatic N) is 3. The number of piperazine rings is 1. The molecule has 1 aliphatic heterocycles. The molecule has 0 aromatic carbocycles. The number of pyridine rings is 1. The van der Waals surface area contributed by atoms with Crippen LogP contribution in [0.15, 0.2) is 6.07 Å². The summed E-state index contributed by atoms with van der Waals surface area (Å²) in [6.45, 7) is 7.53. The highest BCUT2D eigenvalue weighted by Gasteiger charge is 2.23. The molecule has 4 nitrogen and oxygen atoms in total. The lowest BCUT2D eigenvalue weighted by atomic mass is 9.94. The van der Waals surface area contributed by atoms with Crippen molar-refractivity contribution in [1.82, 2.24) is 9.88 Å². The van der Waals surface area contributed by atoms with Crippen molar-refractivity contribution >= 4 is 23.0 Å².